The van der Waals surface area contributed by atoms with Crippen LogP contribution in [0.3, 0.4) is 0 Å². The second-order valence-corrected chi connectivity index (χ2v) is 6.42. The van der Waals surface area contributed by atoms with Crippen molar-refractivity contribution < 1.29 is 23.8 Å². The number of esters is 1. The Hall–Kier alpha value is -2.24. The summed E-state index contributed by atoms with van der Waals surface area (Å²) < 4.78 is 15.5. The molecular weight excluding hydrogens is 310 g/mol. The first-order chi connectivity index (χ1) is 11.2. The van der Waals surface area contributed by atoms with Crippen LogP contribution in [0.15, 0.2) is 24.3 Å². The molecule has 6 nitrogen and oxygen atoms in total. The average Bonchev–Trinajstić information content (AvgIpc) is 2.51. The van der Waals surface area contributed by atoms with Crippen molar-refractivity contribution in [2.45, 2.75) is 52.2 Å². The fourth-order valence-electron chi connectivity index (χ4n) is 1.96. The van der Waals surface area contributed by atoms with Crippen LogP contribution < -0.4 is 10.1 Å². The number of amides is 1. The van der Waals surface area contributed by atoms with E-state index >= 15 is 0 Å². The molecule has 0 saturated carbocycles. The van der Waals surface area contributed by atoms with Crippen molar-refractivity contribution in [1.82, 2.24) is 5.32 Å². The monoisotopic (exact) mass is 337 g/mol. The quantitative estimate of drug-likeness (QED) is 0.774. The summed E-state index contributed by atoms with van der Waals surface area (Å²) in [5.41, 5.74) is 0.244. The molecule has 0 aliphatic carbocycles. The zero-order chi connectivity index (χ0) is 18.2. The summed E-state index contributed by atoms with van der Waals surface area (Å²) in [6.07, 6.45) is 0.590. The van der Waals surface area contributed by atoms with Crippen LogP contribution in [0.5, 0.6) is 5.75 Å². The van der Waals surface area contributed by atoms with Gasteiger partial charge in [0.05, 0.1) is 13.7 Å². The molecule has 0 heterocycles. The Morgan fingerprint density at radius 3 is 2.29 bits per heavy atom. The highest BCUT2D eigenvalue weighted by Crippen LogP contribution is 2.14. The summed E-state index contributed by atoms with van der Waals surface area (Å²) >= 11 is 0. The molecular formula is C18H27NO5. The van der Waals surface area contributed by atoms with Crippen molar-refractivity contribution >= 4 is 12.1 Å². The molecule has 1 rings (SSSR count). The Balaban J connectivity index is 2.72. The predicted molar refractivity (Wildman–Crippen MR) is 91.1 cm³/mol. The Morgan fingerprint density at radius 2 is 1.79 bits per heavy atom. The van der Waals surface area contributed by atoms with E-state index < -0.39 is 23.7 Å². The van der Waals surface area contributed by atoms with Crippen LogP contribution in [0.4, 0.5) is 4.79 Å². The van der Waals surface area contributed by atoms with Gasteiger partial charge >= 0.3 is 12.1 Å². The number of hydrogen-bond donors (Lipinski definition) is 1. The number of carbonyl (C=O) groups is 2. The van der Waals surface area contributed by atoms with Crippen molar-refractivity contribution in [3.63, 3.8) is 0 Å². The van der Waals surface area contributed by atoms with Gasteiger partial charge in [-0.1, -0.05) is 19.1 Å². The van der Waals surface area contributed by atoms with Crippen LogP contribution in [-0.4, -0.2) is 37.4 Å². The van der Waals surface area contributed by atoms with Gasteiger partial charge in [-0.15, -0.1) is 0 Å². The van der Waals surface area contributed by atoms with Crippen molar-refractivity contribution in [3.05, 3.63) is 29.8 Å². The van der Waals surface area contributed by atoms with Gasteiger partial charge < -0.3 is 19.5 Å². The number of methoxy groups -OCH3 is 1. The summed E-state index contributed by atoms with van der Waals surface area (Å²) in [6.45, 7) is 7.97. The summed E-state index contributed by atoms with van der Waals surface area (Å²) in [4.78, 5) is 23.8. The maximum atomic E-state index is 11.9. The number of nitrogens with one attached hydrogen (secondary N) is 1. The molecule has 0 spiro atoms. The van der Waals surface area contributed by atoms with Gasteiger partial charge in [0.2, 0.25) is 0 Å². The lowest BCUT2D eigenvalue weighted by Gasteiger charge is -2.22. The first kappa shape index (κ1) is 19.8. The molecule has 0 aromatic heterocycles. The molecule has 0 fully saturated rings. The van der Waals surface area contributed by atoms with Gasteiger partial charge in [0.15, 0.2) is 0 Å². The van der Waals surface area contributed by atoms with E-state index in [1.165, 1.54) is 7.11 Å². The van der Waals surface area contributed by atoms with E-state index in [1.54, 1.807) is 20.8 Å². The van der Waals surface area contributed by atoms with Crippen LogP contribution in [-0.2, 0) is 20.7 Å². The summed E-state index contributed by atoms with van der Waals surface area (Å²) in [5, 5.41) is 2.55. The standard InChI is InChI=1S/C18H27NO5/c1-6-11-23-14-9-7-13(8-10-14)12-15(16(20)22-5)19-17(21)24-18(2,3)4/h7-10,15H,6,11-12H2,1-5H3,(H,19,21). The van der Waals surface area contributed by atoms with Gasteiger partial charge in [0, 0.05) is 6.42 Å². The minimum absolute atomic E-state index is 0.306. The minimum Gasteiger partial charge on any atom is -0.494 e. The third-order valence-corrected chi connectivity index (χ3v) is 3.01. The molecule has 134 valence electrons. The highest BCUT2D eigenvalue weighted by Gasteiger charge is 2.25. The summed E-state index contributed by atoms with van der Waals surface area (Å²) in [6, 6.07) is 6.59. The minimum atomic E-state index is -0.813. The van der Waals surface area contributed by atoms with Crippen LogP contribution in [0, 0.1) is 0 Å². The van der Waals surface area contributed by atoms with Crippen molar-refractivity contribution in [1.29, 1.82) is 0 Å². The van der Waals surface area contributed by atoms with E-state index in [0.717, 1.165) is 17.7 Å². The second-order valence-electron chi connectivity index (χ2n) is 6.42. The van der Waals surface area contributed by atoms with Gasteiger partial charge in [-0.25, -0.2) is 9.59 Å². The molecule has 0 aliphatic rings. The summed E-state index contributed by atoms with van der Waals surface area (Å²) in [7, 11) is 1.29. The zero-order valence-electron chi connectivity index (χ0n) is 15.0. The van der Waals surface area contributed by atoms with E-state index in [0.29, 0.717) is 13.0 Å². The molecule has 6 heteroatoms. The van der Waals surface area contributed by atoms with Gasteiger partial charge in [-0.2, -0.15) is 0 Å². The Bertz CT molecular complexity index is 533. The maximum absolute atomic E-state index is 11.9. The van der Waals surface area contributed by atoms with Crippen LogP contribution >= 0.6 is 0 Å². The van der Waals surface area contributed by atoms with Crippen molar-refractivity contribution in [3.8, 4) is 5.75 Å². The van der Waals surface area contributed by atoms with Gasteiger partial charge in [-0.05, 0) is 44.9 Å². The molecule has 24 heavy (non-hydrogen) atoms. The van der Waals surface area contributed by atoms with E-state index in [4.69, 9.17) is 14.2 Å². The first-order valence-corrected chi connectivity index (χ1v) is 8.04. The fraction of sp³-hybridized carbons (Fsp3) is 0.556. The van der Waals surface area contributed by atoms with E-state index in [2.05, 4.69) is 5.32 Å². The molecule has 1 amide bonds. The first-order valence-electron chi connectivity index (χ1n) is 8.04. The van der Waals surface area contributed by atoms with Crippen molar-refractivity contribution in [2.24, 2.45) is 0 Å². The number of carbonyl (C=O) groups excluding carboxylic acids is 2. The third-order valence-electron chi connectivity index (χ3n) is 3.01. The highest BCUT2D eigenvalue weighted by molar-refractivity contribution is 5.81. The summed E-state index contributed by atoms with van der Waals surface area (Å²) in [5.74, 6) is 0.252. The normalized spacial score (nSPS) is 12.2. The van der Waals surface area contributed by atoms with Gasteiger partial charge in [-0.3, -0.25) is 0 Å². The van der Waals surface area contributed by atoms with Crippen molar-refractivity contribution in [2.75, 3.05) is 13.7 Å². The number of hydrogen-bond acceptors (Lipinski definition) is 5. The predicted octanol–water partition coefficient (Wildman–Crippen LogP) is 3.08. The molecule has 1 unspecified atom stereocenters. The Kier molecular flexibility index (Phi) is 7.55. The third kappa shape index (κ3) is 7.35. The fourth-order valence-corrected chi connectivity index (χ4v) is 1.96. The molecule has 1 aromatic carbocycles. The number of alkyl carbamates (subject to hydrolysis) is 1. The molecule has 1 aromatic rings. The lowest BCUT2D eigenvalue weighted by molar-refractivity contribution is -0.143. The molecule has 0 radical (unpaired) electrons. The van der Waals surface area contributed by atoms with Gasteiger partial charge in [0.1, 0.15) is 17.4 Å². The number of ether oxygens (including phenoxy) is 3. The van der Waals surface area contributed by atoms with E-state index in [-0.39, 0.29) is 0 Å². The largest absolute Gasteiger partial charge is 0.494 e. The second kappa shape index (κ2) is 9.15. The van der Waals surface area contributed by atoms with Gasteiger partial charge in [0.25, 0.3) is 0 Å². The molecule has 1 N–H and O–H groups in total. The highest BCUT2D eigenvalue weighted by atomic mass is 16.6. The maximum Gasteiger partial charge on any atom is 0.408 e. The zero-order valence-corrected chi connectivity index (χ0v) is 15.0. The SMILES string of the molecule is CCCOc1ccc(CC(NC(=O)OC(C)(C)C)C(=O)OC)cc1. The lowest BCUT2D eigenvalue weighted by Crippen LogP contribution is -2.45. The molecule has 0 saturated heterocycles. The van der Waals surface area contributed by atoms with Crippen LogP contribution in [0.2, 0.25) is 0 Å². The average molecular weight is 337 g/mol. The van der Waals surface area contributed by atoms with E-state index in [1.807, 2.05) is 31.2 Å². The van der Waals surface area contributed by atoms with Crippen LogP contribution in [0.25, 0.3) is 0 Å². The molecule has 0 bridgehead atoms. The lowest BCUT2D eigenvalue weighted by atomic mass is 10.1. The van der Waals surface area contributed by atoms with Crippen LogP contribution in [0.1, 0.15) is 39.7 Å². The van der Waals surface area contributed by atoms with E-state index in [9.17, 15) is 9.59 Å². The Morgan fingerprint density at radius 1 is 1.17 bits per heavy atom. The molecule has 0 aliphatic heterocycles. The Labute approximate surface area is 143 Å². The molecule has 1 atom stereocenters. The number of rotatable bonds is 7. The topological polar surface area (TPSA) is 73.9 Å². The smallest absolute Gasteiger partial charge is 0.408 e. The number of benzene rings is 1.